The maximum absolute atomic E-state index is 12.2. The van der Waals surface area contributed by atoms with E-state index >= 15 is 0 Å². The van der Waals surface area contributed by atoms with Crippen molar-refractivity contribution in [2.24, 2.45) is 0 Å². The van der Waals surface area contributed by atoms with Gasteiger partial charge in [0.2, 0.25) is 0 Å². The van der Waals surface area contributed by atoms with E-state index in [1.165, 1.54) is 0 Å². The zero-order valence-electron chi connectivity index (χ0n) is 13.8. The van der Waals surface area contributed by atoms with Crippen molar-refractivity contribution in [3.05, 3.63) is 64.7 Å². The Labute approximate surface area is 136 Å². The lowest BCUT2D eigenvalue weighted by molar-refractivity contribution is -0.123. The van der Waals surface area contributed by atoms with Gasteiger partial charge in [-0.25, -0.2) is 4.79 Å². The summed E-state index contributed by atoms with van der Waals surface area (Å²) in [6.07, 6.45) is -0.873. The second kappa shape index (κ2) is 7.09. The van der Waals surface area contributed by atoms with Gasteiger partial charge in [0.25, 0.3) is 5.91 Å². The van der Waals surface area contributed by atoms with Gasteiger partial charge in [0.05, 0.1) is 5.56 Å². The van der Waals surface area contributed by atoms with Crippen LogP contribution < -0.4 is 5.32 Å². The monoisotopic (exact) mass is 311 g/mol. The molecular formula is C19H21NO3. The standard InChI is InChI=1S/C19H21NO3/c1-12-9-10-13(2)16(11-12)19(22)23-15(4)18(21)20-17-8-6-5-7-14(17)3/h5-11,15H,1-4H3,(H,20,21)/t15-/m0/s1. The molecule has 0 saturated carbocycles. The molecule has 0 fully saturated rings. The number of carbonyl (C=O) groups excluding carboxylic acids is 2. The van der Waals surface area contributed by atoms with Crippen molar-refractivity contribution in [2.75, 3.05) is 5.32 Å². The van der Waals surface area contributed by atoms with Crippen LogP contribution in [0.25, 0.3) is 0 Å². The first-order valence-electron chi connectivity index (χ1n) is 7.53. The number of esters is 1. The predicted octanol–water partition coefficient (Wildman–Crippen LogP) is 3.80. The topological polar surface area (TPSA) is 55.4 Å². The number of rotatable bonds is 4. The van der Waals surface area contributed by atoms with Gasteiger partial charge in [-0.15, -0.1) is 0 Å². The molecule has 4 nitrogen and oxygen atoms in total. The van der Waals surface area contributed by atoms with Crippen molar-refractivity contribution in [3.63, 3.8) is 0 Å². The first kappa shape index (κ1) is 16.7. The molecule has 0 bridgehead atoms. The van der Waals surface area contributed by atoms with Crippen molar-refractivity contribution in [1.82, 2.24) is 0 Å². The van der Waals surface area contributed by atoms with E-state index in [0.29, 0.717) is 11.3 Å². The highest BCUT2D eigenvalue weighted by atomic mass is 16.5. The number of benzene rings is 2. The summed E-state index contributed by atoms with van der Waals surface area (Å²) in [5.74, 6) is -0.836. The Hall–Kier alpha value is -2.62. The third-order valence-corrected chi connectivity index (χ3v) is 3.67. The summed E-state index contributed by atoms with van der Waals surface area (Å²) in [5.41, 5.74) is 3.95. The molecule has 2 aromatic rings. The van der Waals surface area contributed by atoms with Crippen LogP contribution in [0.15, 0.2) is 42.5 Å². The number of hydrogen-bond acceptors (Lipinski definition) is 3. The summed E-state index contributed by atoms with van der Waals surface area (Å²) in [7, 11) is 0. The lowest BCUT2D eigenvalue weighted by atomic mass is 10.1. The van der Waals surface area contributed by atoms with Gasteiger partial charge in [0.1, 0.15) is 0 Å². The Kier molecular flexibility index (Phi) is 5.16. The van der Waals surface area contributed by atoms with E-state index < -0.39 is 12.1 Å². The van der Waals surface area contributed by atoms with Crippen LogP contribution in [0.1, 0.15) is 34.0 Å². The normalized spacial score (nSPS) is 11.7. The Morgan fingerprint density at radius 3 is 2.39 bits per heavy atom. The molecule has 0 aliphatic carbocycles. The van der Waals surface area contributed by atoms with Gasteiger partial charge in [0.15, 0.2) is 6.10 Å². The second-order valence-electron chi connectivity index (χ2n) is 5.67. The van der Waals surface area contributed by atoms with Crippen LogP contribution in [0.2, 0.25) is 0 Å². The molecule has 0 saturated heterocycles. The quantitative estimate of drug-likeness (QED) is 0.874. The summed E-state index contributed by atoms with van der Waals surface area (Å²) < 4.78 is 5.30. The van der Waals surface area contributed by atoms with Gasteiger partial charge >= 0.3 is 5.97 Å². The second-order valence-corrected chi connectivity index (χ2v) is 5.67. The van der Waals surface area contributed by atoms with Gasteiger partial charge in [-0.05, 0) is 51.0 Å². The molecule has 0 radical (unpaired) electrons. The Balaban J connectivity index is 2.05. The van der Waals surface area contributed by atoms with Gasteiger partial charge in [-0.1, -0.05) is 35.9 Å². The first-order chi connectivity index (χ1) is 10.9. The molecule has 2 rings (SSSR count). The smallest absolute Gasteiger partial charge is 0.339 e. The van der Waals surface area contributed by atoms with Crippen LogP contribution in [-0.2, 0) is 9.53 Å². The fraction of sp³-hybridized carbons (Fsp3) is 0.263. The minimum absolute atomic E-state index is 0.349. The SMILES string of the molecule is Cc1ccc(C)c(C(=O)O[C@@H](C)C(=O)Nc2ccccc2C)c1. The molecule has 1 amide bonds. The highest BCUT2D eigenvalue weighted by Crippen LogP contribution is 2.16. The zero-order valence-corrected chi connectivity index (χ0v) is 13.8. The Morgan fingerprint density at radius 2 is 1.70 bits per heavy atom. The average Bonchev–Trinajstić information content (AvgIpc) is 2.51. The molecule has 0 aliphatic rings. The molecule has 120 valence electrons. The Morgan fingerprint density at radius 1 is 1.00 bits per heavy atom. The number of nitrogens with one attached hydrogen (secondary N) is 1. The van der Waals surface area contributed by atoms with Crippen LogP contribution in [0.5, 0.6) is 0 Å². The third-order valence-electron chi connectivity index (χ3n) is 3.67. The van der Waals surface area contributed by atoms with Crippen molar-refractivity contribution in [1.29, 1.82) is 0 Å². The largest absolute Gasteiger partial charge is 0.449 e. The highest BCUT2D eigenvalue weighted by Gasteiger charge is 2.20. The lowest BCUT2D eigenvalue weighted by Crippen LogP contribution is -2.30. The Bertz CT molecular complexity index is 737. The number of anilines is 1. The number of amides is 1. The maximum Gasteiger partial charge on any atom is 0.339 e. The summed E-state index contributed by atoms with van der Waals surface area (Å²) in [6, 6.07) is 13.0. The lowest BCUT2D eigenvalue weighted by Gasteiger charge is -2.15. The molecule has 0 heterocycles. The van der Waals surface area contributed by atoms with Crippen molar-refractivity contribution < 1.29 is 14.3 Å². The van der Waals surface area contributed by atoms with Gasteiger partial charge in [0, 0.05) is 5.69 Å². The van der Waals surface area contributed by atoms with E-state index in [2.05, 4.69) is 5.32 Å². The third kappa shape index (κ3) is 4.19. The molecule has 23 heavy (non-hydrogen) atoms. The van der Waals surface area contributed by atoms with Crippen molar-refractivity contribution >= 4 is 17.6 Å². The van der Waals surface area contributed by atoms with E-state index in [0.717, 1.165) is 16.7 Å². The number of ether oxygens (including phenoxy) is 1. The van der Waals surface area contributed by atoms with E-state index in [-0.39, 0.29) is 5.91 Å². The van der Waals surface area contributed by atoms with Crippen LogP contribution in [0.4, 0.5) is 5.69 Å². The molecule has 4 heteroatoms. The molecule has 1 atom stereocenters. The van der Waals surface area contributed by atoms with Gasteiger partial charge in [-0.2, -0.15) is 0 Å². The molecular weight excluding hydrogens is 290 g/mol. The molecule has 0 aliphatic heterocycles. The fourth-order valence-electron chi connectivity index (χ4n) is 2.18. The molecule has 0 aromatic heterocycles. The fourth-order valence-corrected chi connectivity index (χ4v) is 2.18. The molecule has 1 N–H and O–H groups in total. The zero-order chi connectivity index (χ0) is 17.0. The number of aryl methyl sites for hydroxylation is 3. The van der Waals surface area contributed by atoms with Crippen LogP contribution >= 0.6 is 0 Å². The van der Waals surface area contributed by atoms with Crippen LogP contribution in [0.3, 0.4) is 0 Å². The van der Waals surface area contributed by atoms with Gasteiger partial charge in [-0.3, -0.25) is 4.79 Å². The van der Waals surface area contributed by atoms with Crippen molar-refractivity contribution in [3.8, 4) is 0 Å². The highest BCUT2D eigenvalue weighted by molar-refractivity contribution is 5.98. The first-order valence-corrected chi connectivity index (χ1v) is 7.53. The maximum atomic E-state index is 12.2. The molecule has 0 spiro atoms. The number of hydrogen-bond donors (Lipinski definition) is 1. The van der Waals surface area contributed by atoms with E-state index in [1.807, 2.05) is 57.2 Å². The summed E-state index contributed by atoms with van der Waals surface area (Å²) in [4.78, 5) is 24.4. The summed E-state index contributed by atoms with van der Waals surface area (Å²) >= 11 is 0. The van der Waals surface area contributed by atoms with E-state index in [1.54, 1.807) is 13.0 Å². The van der Waals surface area contributed by atoms with Crippen LogP contribution in [0, 0.1) is 20.8 Å². The van der Waals surface area contributed by atoms with Crippen LogP contribution in [-0.4, -0.2) is 18.0 Å². The predicted molar refractivity (Wildman–Crippen MR) is 90.6 cm³/mol. The van der Waals surface area contributed by atoms with Gasteiger partial charge < -0.3 is 10.1 Å². The molecule has 2 aromatic carbocycles. The minimum Gasteiger partial charge on any atom is -0.449 e. The van der Waals surface area contributed by atoms with Crippen molar-refractivity contribution in [2.45, 2.75) is 33.8 Å². The number of para-hydroxylation sites is 1. The van der Waals surface area contributed by atoms with E-state index in [9.17, 15) is 9.59 Å². The molecule has 0 unspecified atom stereocenters. The average molecular weight is 311 g/mol. The minimum atomic E-state index is -0.873. The number of carbonyl (C=O) groups is 2. The summed E-state index contributed by atoms with van der Waals surface area (Å²) in [6.45, 7) is 7.22. The van der Waals surface area contributed by atoms with E-state index in [4.69, 9.17) is 4.74 Å². The summed E-state index contributed by atoms with van der Waals surface area (Å²) in [5, 5.41) is 2.78.